The Morgan fingerprint density at radius 2 is 1.40 bits per heavy atom. The van der Waals surface area contributed by atoms with Crippen molar-refractivity contribution >= 4 is 40.7 Å². The second-order valence-electron chi connectivity index (χ2n) is 18.3. The first-order valence-corrected chi connectivity index (χ1v) is 21.0. The maximum Gasteiger partial charge on any atom is 0.339 e. The molecule has 4 N–H and O–H groups in total. The number of carbonyl (C=O) groups is 2. The number of phenols is 2. The molecular formula is C45H60Cl2O6. The molecule has 4 aliphatic rings. The number of rotatable bonds is 12. The van der Waals surface area contributed by atoms with Crippen molar-refractivity contribution in [3.05, 3.63) is 62.6 Å². The number of aromatic hydroxyl groups is 2. The molecule has 0 heterocycles. The van der Waals surface area contributed by atoms with Crippen LogP contribution < -0.4 is 0 Å². The monoisotopic (exact) mass is 766 g/mol. The summed E-state index contributed by atoms with van der Waals surface area (Å²) in [4.78, 5) is 24.2. The second kappa shape index (κ2) is 15.8. The van der Waals surface area contributed by atoms with Crippen LogP contribution in [0.15, 0.2) is 30.3 Å². The van der Waals surface area contributed by atoms with Crippen LogP contribution in [0.25, 0.3) is 5.57 Å². The molecule has 4 aliphatic carbocycles. The molecule has 0 radical (unpaired) electrons. The van der Waals surface area contributed by atoms with Gasteiger partial charge in [0.05, 0.1) is 10.0 Å². The SMILES string of the molecule is CC(C)CCCC(C)C1CCC2C3CC(CCC=C(c4cc(Cl)c(O)c(C(=O)O)c4)c4cc(Cl)c(O)c(C(=O)O)c4)C4CCCCC4(C)C3CCC12C. The topological polar surface area (TPSA) is 115 Å². The zero-order valence-corrected chi connectivity index (χ0v) is 33.8. The Labute approximate surface area is 326 Å². The number of fused-ring (bicyclic) bond motifs is 5. The van der Waals surface area contributed by atoms with Crippen molar-refractivity contribution in [2.24, 2.45) is 58.2 Å². The number of carboxylic acid groups (broad SMARTS) is 2. The summed E-state index contributed by atoms with van der Waals surface area (Å²) in [6.07, 6.45) is 19.6. The van der Waals surface area contributed by atoms with Gasteiger partial charge >= 0.3 is 11.9 Å². The number of aromatic carboxylic acids is 2. The van der Waals surface area contributed by atoms with Crippen LogP contribution in [-0.2, 0) is 0 Å². The molecular weight excluding hydrogens is 707 g/mol. The molecule has 0 amide bonds. The van der Waals surface area contributed by atoms with Crippen LogP contribution >= 0.6 is 23.2 Å². The lowest BCUT2D eigenvalue weighted by Gasteiger charge is -2.63. The first kappa shape index (κ1) is 40.0. The van der Waals surface area contributed by atoms with Gasteiger partial charge in [0, 0.05) is 0 Å². The van der Waals surface area contributed by atoms with Crippen molar-refractivity contribution in [3.8, 4) is 11.5 Å². The van der Waals surface area contributed by atoms with Crippen LogP contribution in [-0.4, -0.2) is 32.4 Å². The molecule has 9 atom stereocenters. The van der Waals surface area contributed by atoms with Gasteiger partial charge in [0.1, 0.15) is 22.6 Å². The maximum atomic E-state index is 12.1. The number of hydrogen-bond acceptors (Lipinski definition) is 4. The summed E-state index contributed by atoms with van der Waals surface area (Å²) in [5.41, 5.74) is 1.48. The molecule has 9 unspecified atom stereocenters. The summed E-state index contributed by atoms with van der Waals surface area (Å²) in [5, 5.41) is 40.4. The highest BCUT2D eigenvalue weighted by Crippen LogP contribution is 2.69. The zero-order chi connectivity index (χ0) is 38.4. The standard InChI is InChI=1S/C45H60Cl2O6/c1-25(2)10-8-11-26(3)34-15-16-36-31-20-27(35-14-6-7-18-44(35,4)37(31)17-19-45(34,36)5)12-9-13-30(28-21-32(42(50)51)40(48)38(46)23-28)29-22-33(43(52)53)41(49)39(47)24-29/h13,21-27,31,34-37,48-49H,6-12,14-20H2,1-5H3,(H,50,51)(H,52,53). The third-order valence-electron chi connectivity index (χ3n) is 15.1. The molecule has 53 heavy (non-hydrogen) atoms. The van der Waals surface area contributed by atoms with E-state index in [-0.39, 0.29) is 21.2 Å². The molecule has 2 aromatic rings. The number of carboxylic acids is 2. The third-order valence-corrected chi connectivity index (χ3v) is 15.6. The van der Waals surface area contributed by atoms with Crippen molar-refractivity contribution < 1.29 is 30.0 Å². The Morgan fingerprint density at radius 3 is 1.98 bits per heavy atom. The predicted octanol–water partition coefficient (Wildman–Crippen LogP) is 12.8. The van der Waals surface area contributed by atoms with Crippen LogP contribution in [0.5, 0.6) is 11.5 Å². The van der Waals surface area contributed by atoms with E-state index < -0.39 is 23.4 Å². The van der Waals surface area contributed by atoms with Gasteiger partial charge in [-0.2, -0.15) is 0 Å². The highest BCUT2D eigenvalue weighted by Gasteiger charge is 2.61. The van der Waals surface area contributed by atoms with Crippen LogP contribution in [0.1, 0.15) is 156 Å². The van der Waals surface area contributed by atoms with E-state index >= 15 is 0 Å². The van der Waals surface area contributed by atoms with Crippen molar-refractivity contribution in [2.45, 2.75) is 125 Å². The lowest BCUT2D eigenvalue weighted by molar-refractivity contribution is -0.138. The van der Waals surface area contributed by atoms with Gasteiger partial charge in [-0.3, -0.25) is 0 Å². The van der Waals surface area contributed by atoms with Crippen molar-refractivity contribution in [2.75, 3.05) is 0 Å². The minimum Gasteiger partial charge on any atom is -0.505 e. The van der Waals surface area contributed by atoms with Gasteiger partial charge in [-0.25, -0.2) is 9.59 Å². The summed E-state index contributed by atoms with van der Waals surface area (Å²) in [7, 11) is 0. The Bertz CT molecular complexity index is 1660. The molecule has 8 heteroatoms. The van der Waals surface area contributed by atoms with E-state index in [1.807, 2.05) is 6.08 Å². The molecule has 2 aromatic carbocycles. The molecule has 0 spiro atoms. The summed E-state index contributed by atoms with van der Waals surface area (Å²) in [6, 6.07) is 5.73. The molecule has 290 valence electrons. The first-order valence-electron chi connectivity index (χ1n) is 20.3. The average Bonchev–Trinajstić information content (AvgIpc) is 3.46. The molecule has 4 fully saturated rings. The number of hydrogen-bond donors (Lipinski definition) is 4. The summed E-state index contributed by atoms with van der Waals surface area (Å²) in [6.45, 7) is 12.5. The maximum absolute atomic E-state index is 12.1. The fourth-order valence-electron chi connectivity index (χ4n) is 12.6. The van der Waals surface area contributed by atoms with E-state index in [1.165, 1.54) is 101 Å². The quantitative estimate of drug-likeness (QED) is 0.171. The predicted molar refractivity (Wildman–Crippen MR) is 213 cm³/mol. The van der Waals surface area contributed by atoms with Gasteiger partial charge in [0.15, 0.2) is 0 Å². The number of benzene rings is 2. The molecule has 0 aromatic heterocycles. The fraction of sp³-hybridized carbons (Fsp3) is 0.644. The lowest BCUT2D eigenvalue weighted by atomic mass is 9.42. The van der Waals surface area contributed by atoms with E-state index in [0.717, 1.165) is 41.9 Å². The Kier molecular flexibility index (Phi) is 11.9. The molecule has 6 rings (SSSR count). The summed E-state index contributed by atoms with van der Waals surface area (Å²) in [5.74, 6) is 2.15. The van der Waals surface area contributed by atoms with Crippen molar-refractivity contribution in [1.29, 1.82) is 0 Å². The highest BCUT2D eigenvalue weighted by molar-refractivity contribution is 6.33. The Balaban J connectivity index is 1.32. The van der Waals surface area contributed by atoms with E-state index in [4.69, 9.17) is 23.2 Å². The van der Waals surface area contributed by atoms with Gasteiger partial charge in [-0.05, 0) is 157 Å². The highest BCUT2D eigenvalue weighted by atomic mass is 35.5. The van der Waals surface area contributed by atoms with E-state index in [1.54, 1.807) is 0 Å². The largest absolute Gasteiger partial charge is 0.505 e. The van der Waals surface area contributed by atoms with Crippen molar-refractivity contribution in [1.82, 2.24) is 0 Å². The molecule has 0 saturated heterocycles. The minimum atomic E-state index is -1.33. The summed E-state index contributed by atoms with van der Waals surface area (Å²) < 4.78 is 0. The van der Waals surface area contributed by atoms with E-state index in [2.05, 4.69) is 34.6 Å². The average molecular weight is 768 g/mol. The number of allylic oxidation sites excluding steroid dienone is 1. The Morgan fingerprint density at radius 1 is 0.792 bits per heavy atom. The van der Waals surface area contributed by atoms with Crippen LogP contribution in [0, 0.1) is 58.2 Å². The van der Waals surface area contributed by atoms with Gasteiger partial charge in [0.25, 0.3) is 0 Å². The van der Waals surface area contributed by atoms with Gasteiger partial charge < -0.3 is 20.4 Å². The lowest BCUT2D eigenvalue weighted by Crippen LogP contribution is -2.55. The van der Waals surface area contributed by atoms with Gasteiger partial charge in [0.2, 0.25) is 0 Å². The third kappa shape index (κ3) is 7.62. The summed E-state index contributed by atoms with van der Waals surface area (Å²) >= 11 is 12.7. The van der Waals surface area contributed by atoms with Crippen molar-refractivity contribution in [3.63, 3.8) is 0 Å². The van der Waals surface area contributed by atoms with Crippen LogP contribution in [0.4, 0.5) is 0 Å². The zero-order valence-electron chi connectivity index (χ0n) is 32.3. The smallest absolute Gasteiger partial charge is 0.339 e. The second-order valence-corrected chi connectivity index (χ2v) is 19.1. The fourth-order valence-corrected chi connectivity index (χ4v) is 13.0. The first-order chi connectivity index (χ1) is 25.1. The van der Waals surface area contributed by atoms with E-state index in [9.17, 15) is 30.0 Å². The van der Waals surface area contributed by atoms with Gasteiger partial charge in [-0.1, -0.05) is 96.0 Å². The molecule has 0 aliphatic heterocycles. The van der Waals surface area contributed by atoms with Gasteiger partial charge in [-0.15, -0.1) is 0 Å². The number of halogens is 2. The molecule has 0 bridgehead atoms. The normalized spacial score (nSPS) is 31.3. The van der Waals surface area contributed by atoms with E-state index in [0.29, 0.717) is 45.8 Å². The van der Waals surface area contributed by atoms with Crippen LogP contribution in [0.2, 0.25) is 10.0 Å². The van der Waals surface area contributed by atoms with Crippen LogP contribution in [0.3, 0.4) is 0 Å². The minimum absolute atomic E-state index is 0.116. The Hall–Kier alpha value is -2.70. The molecule has 4 saturated carbocycles. The molecule has 6 nitrogen and oxygen atoms in total.